The third-order valence-electron chi connectivity index (χ3n) is 1.44. The molecule has 0 aromatic heterocycles. The van der Waals surface area contributed by atoms with E-state index in [1.807, 2.05) is 4.72 Å². The summed E-state index contributed by atoms with van der Waals surface area (Å²) in [5.41, 5.74) is 0. The van der Waals surface area contributed by atoms with E-state index >= 15 is 0 Å². The molecule has 0 aromatic carbocycles. The number of sulfonamides is 1. The van der Waals surface area contributed by atoms with Crippen LogP contribution in [0.5, 0.6) is 0 Å². The molecule has 1 aliphatic heterocycles. The van der Waals surface area contributed by atoms with Gasteiger partial charge in [0.1, 0.15) is 0 Å². The average molecular weight is 178 g/mol. The largest absolute Gasteiger partial charge is 0.315 e. The number of amides is 1. The van der Waals surface area contributed by atoms with Crippen LogP contribution in [0, 0.1) is 5.92 Å². The number of carbonyl (C=O) groups excluding carboxylic acids is 1. The van der Waals surface area contributed by atoms with E-state index in [1.165, 1.54) is 0 Å². The van der Waals surface area contributed by atoms with Crippen LogP contribution in [0.25, 0.3) is 0 Å². The van der Waals surface area contributed by atoms with E-state index in [9.17, 15) is 13.2 Å². The summed E-state index contributed by atoms with van der Waals surface area (Å²) in [5, 5.41) is 2.87. The minimum atomic E-state index is -3.37. The zero-order valence-corrected chi connectivity index (χ0v) is 6.94. The molecule has 11 heavy (non-hydrogen) atoms. The quantitative estimate of drug-likeness (QED) is 0.527. The lowest BCUT2D eigenvalue weighted by Crippen LogP contribution is -2.51. The molecule has 0 bridgehead atoms. The molecule has 64 valence electrons. The van der Waals surface area contributed by atoms with Crippen molar-refractivity contribution in [1.82, 2.24) is 10.0 Å². The molecule has 1 heterocycles. The number of carbonyl (C=O) groups is 1. The Bertz CT molecular complexity index is 255. The molecule has 0 unspecified atom stereocenters. The van der Waals surface area contributed by atoms with E-state index in [2.05, 4.69) is 5.32 Å². The summed E-state index contributed by atoms with van der Waals surface area (Å²) >= 11 is 0. The number of rotatable bonds is 2. The lowest BCUT2D eigenvalue weighted by Gasteiger charge is -2.25. The Morgan fingerprint density at radius 1 is 1.55 bits per heavy atom. The van der Waals surface area contributed by atoms with Crippen LogP contribution in [-0.4, -0.2) is 33.7 Å². The minimum absolute atomic E-state index is 0.176. The van der Waals surface area contributed by atoms with Gasteiger partial charge in [-0.05, 0) is 0 Å². The highest BCUT2D eigenvalue weighted by atomic mass is 32.2. The van der Waals surface area contributed by atoms with Crippen LogP contribution < -0.4 is 10.0 Å². The maximum atomic E-state index is 10.9. The number of nitrogens with one attached hydrogen (secondary N) is 2. The SMILES string of the molecule is CS(=O)(=O)NC(=O)C1CNC1. The second-order valence-corrected chi connectivity index (χ2v) is 4.34. The van der Waals surface area contributed by atoms with Gasteiger partial charge in [0, 0.05) is 13.1 Å². The summed E-state index contributed by atoms with van der Waals surface area (Å²) in [7, 11) is -3.37. The summed E-state index contributed by atoms with van der Waals surface area (Å²) in [5.74, 6) is -0.587. The first-order valence-corrected chi connectivity index (χ1v) is 5.10. The van der Waals surface area contributed by atoms with Crippen molar-refractivity contribution in [2.24, 2.45) is 5.92 Å². The first kappa shape index (κ1) is 8.48. The van der Waals surface area contributed by atoms with Crippen LogP contribution in [0.4, 0.5) is 0 Å². The molecule has 0 spiro atoms. The van der Waals surface area contributed by atoms with E-state index in [0.29, 0.717) is 13.1 Å². The second-order valence-electron chi connectivity index (χ2n) is 2.59. The smallest absolute Gasteiger partial charge is 0.239 e. The Hall–Kier alpha value is -0.620. The fourth-order valence-electron chi connectivity index (χ4n) is 0.740. The third kappa shape index (κ3) is 2.47. The highest BCUT2D eigenvalue weighted by Gasteiger charge is 2.26. The highest BCUT2D eigenvalue weighted by Crippen LogP contribution is 2.02. The molecule has 0 aromatic rings. The summed E-state index contributed by atoms with van der Waals surface area (Å²) in [6.07, 6.45) is 0.969. The van der Waals surface area contributed by atoms with E-state index in [4.69, 9.17) is 0 Å². The van der Waals surface area contributed by atoms with E-state index in [-0.39, 0.29) is 5.92 Å². The molecule has 1 fully saturated rings. The van der Waals surface area contributed by atoms with Crippen molar-refractivity contribution < 1.29 is 13.2 Å². The van der Waals surface area contributed by atoms with Gasteiger partial charge in [-0.3, -0.25) is 9.52 Å². The molecule has 5 nitrogen and oxygen atoms in total. The molecule has 1 rings (SSSR count). The Balaban J connectivity index is 2.43. The molecule has 1 amide bonds. The fraction of sp³-hybridized carbons (Fsp3) is 0.800. The van der Waals surface area contributed by atoms with Gasteiger partial charge in [-0.1, -0.05) is 0 Å². The molecule has 0 saturated carbocycles. The summed E-state index contributed by atoms with van der Waals surface area (Å²) < 4.78 is 23.0. The van der Waals surface area contributed by atoms with Gasteiger partial charge in [0.15, 0.2) is 0 Å². The maximum Gasteiger partial charge on any atom is 0.239 e. The van der Waals surface area contributed by atoms with E-state index in [1.54, 1.807) is 0 Å². The molecule has 1 aliphatic rings. The van der Waals surface area contributed by atoms with Gasteiger partial charge in [-0.25, -0.2) is 8.42 Å². The molecule has 0 radical (unpaired) electrons. The van der Waals surface area contributed by atoms with Gasteiger partial charge in [0.05, 0.1) is 12.2 Å². The lowest BCUT2D eigenvalue weighted by atomic mass is 10.0. The molecule has 1 saturated heterocycles. The lowest BCUT2D eigenvalue weighted by molar-refractivity contribution is -0.124. The fourth-order valence-corrected chi connectivity index (χ4v) is 1.27. The average Bonchev–Trinajstić information content (AvgIpc) is 1.50. The van der Waals surface area contributed by atoms with Crippen molar-refractivity contribution in [3.8, 4) is 0 Å². The van der Waals surface area contributed by atoms with Gasteiger partial charge in [0.25, 0.3) is 0 Å². The third-order valence-corrected chi connectivity index (χ3v) is 2.01. The maximum absolute atomic E-state index is 10.9. The van der Waals surface area contributed by atoms with Gasteiger partial charge in [0.2, 0.25) is 15.9 Å². The van der Waals surface area contributed by atoms with Crippen LogP contribution in [-0.2, 0) is 14.8 Å². The normalized spacial score (nSPS) is 19.0. The van der Waals surface area contributed by atoms with Crippen LogP contribution >= 0.6 is 0 Å². The second kappa shape index (κ2) is 2.78. The predicted octanol–water partition coefficient (Wildman–Crippen LogP) is -1.72. The predicted molar refractivity (Wildman–Crippen MR) is 39.3 cm³/mol. The van der Waals surface area contributed by atoms with Crippen molar-refractivity contribution in [3.63, 3.8) is 0 Å². The summed E-state index contributed by atoms with van der Waals surface area (Å²) in [6.45, 7) is 1.14. The van der Waals surface area contributed by atoms with Gasteiger partial charge in [-0.15, -0.1) is 0 Å². The monoisotopic (exact) mass is 178 g/mol. The molecule has 0 atom stereocenters. The zero-order valence-electron chi connectivity index (χ0n) is 6.12. The van der Waals surface area contributed by atoms with E-state index in [0.717, 1.165) is 6.26 Å². The van der Waals surface area contributed by atoms with Crippen molar-refractivity contribution in [2.45, 2.75) is 0 Å². The Morgan fingerprint density at radius 3 is 2.36 bits per heavy atom. The van der Waals surface area contributed by atoms with Gasteiger partial charge in [-0.2, -0.15) is 0 Å². The van der Waals surface area contributed by atoms with Crippen LogP contribution in [0.1, 0.15) is 0 Å². The van der Waals surface area contributed by atoms with E-state index < -0.39 is 15.9 Å². The van der Waals surface area contributed by atoms with Crippen molar-refractivity contribution >= 4 is 15.9 Å². The molecular weight excluding hydrogens is 168 g/mol. The number of hydrogen-bond donors (Lipinski definition) is 2. The van der Waals surface area contributed by atoms with Crippen molar-refractivity contribution in [1.29, 1.82) is 0 Å². The summed E-state index contributed by atoms with van der Waals surface area (Å²) in [4.78, 5) is 10.9. The highest BCUT2D eigenvalue weighted by molar-refractivity contribution is 7.89. The first-order chi connectivity index (χ1) is 4.99. The Morgan fingerprint density at radius 2 is 2.09 bits per heavy atom. The van der Waals surface area contributed by atoms with Crippen LogP contribution in [0.15, 0.2) is 0 Å². The molecule has 0 aliphatic carbocycles. The van der Waals surface area contributed by atoms with Gasteiger partial charge >= 0.3 is 0 Å². The van der Waals surface area contributed by atoms with Crippen molar-refractivity contribution in [2.75, 3.05) is 19.3 Å². The zero-order chi connectivity index (χ0) is 8.48. The summed E-state index contributed by atoms with van der Waals surface area (Å²) in [6, 6.07) is 0. The molecular formula is C5H10N2O3S. The topological polar surface area (TPSA) is 75.3 Å². The van der Waals surface area contributed by atoms with Crippen molar-refractivity contribution in [3.05, 3.63) is 0 Å². The molecule has 2 N–H and O–H groups in total. The molecule has 6 heteroatoms. The number of hydrogen-bond acceptors (Lipinski definition) is 4. The Kier molecular flexibility index (Phi) is 2.15. The van der Waals surface area contributed by atoms with Gasteiger partial charge < -0.3 is 5.32 Å². The van der Waals surface area contributed by atoms with Crippen LogP contribution in [0.2, 0.25) is 0 Å². The minimum Gasteiger partial charge on any atom is -0.315 e. The van der Waals surface area contributed by atoms with Crippen LogP contribution in [0.3, 0.4) is 0 Å². The standard InChI is InChI=1S/C5H10N2O3S/c1-11(9,10)7-5(8)4-2-6-3-4/h4,6H,2-3H2,1H3,(H,7,8). The Labute approximate surface area is 65.2 Å². The first-order valence-electron chi connectivity index (χ1n) is 3.21.